The molecule has 0 aromatic heterocycles. The molecule has 0 saturated heterocycles. The quantitative estimate of drug-likeness (QED) is 0.890. The lowest BCUT2D eigenvalue weighted by Gasteiger charge is -2.24. The summed E-state index contributed by atoms with van der Waals surface area (Å²) in [6.45, 7) is 3.39. The largest absolute Gasteiger partial charge is 0.416 e. The number of rotatable bonds is 4. The van der Waals surface area contributed by atoms with E-state index in [1.54, 1.807) is 19.9 Å². The summed E-state index contributed by atoms with van der Waals surface area (Å²) in [5.74, 6) is 0. The van der Waals surface area contributed by atoms with Crippen molar-refractivity contribution in [2.45, 2.75) is 32.1 Å². The van der Waals surface area contributed by atoms with Gasteiger partial charge in [0.25, 0.3) is 0 Å². The van der Waals surface area contributed by atoms with Crippen molar-refractivity contribution in [1.82, 2.24) is 5.32 Å². The van der Waals surface area contributed by atoms with Crippen molar-refractivity contribution in [2.24, 2.45) is 0 Å². The van der Waals surface area contributed by atoms with Crippen molar-refractivity contribution in [3.8, 4) is 0 Å². The van der Waals surface area contributed by atoms with Gasteiger partial charge in [0.1, 0.15) is 0 Å². The molecule has 0 radical (unpaired) electrons. The monoisotopic (exact) mass is 283 g/mol. The van der Waals surface area contributed by atoms with E-state index in [1.807, 2.05) is 0 Å². The van der Waals surface area contributed by atoms with Crippen molar-refractivity contribution < 1.29 is 18.3 Å². The highest BCUT2D eigenvalue weighted by atomic mass is 35.5. The Kier molecular flexibility index (Phi) is 6.13. The first kappa shape index (κ1) is 17.2. The Morgan fingerprint density at radius 2 is 1.72 bits per heavy atom. The van der Waals surface area contributed by atoms with E-state index < -0.39 is 17.3 Å². The number of nitrogens with one attached hydrogen (secondary N) is 1. The molecule has 0 aliphatic carbocycles. The Bertz CT molecular complexity index is 380. The summed E-state index contributed by atoms with van der Waals surface area (Å²) in [6, 6.07) is 5.42. The summed E-state index contributed by atoms with van der Waals surface area (Å²) in [5, 5.41) is 11.9. The van der Waals surface area contributed by atoms with E-state index in [4.69, 9.17) is 5.11 Å². The molecule has 0 aliphatic heterocycles. The van der Waals surface area contributed by atoms with Gasteiger partial charge in [-0.1, -0.05) is 18.2 Å². The van der Waals surface area contributed by atoms with Gasteiger partial charge in [-0.05, 0) is 25.5 Å². The topological polar surface area (TPSA) is 32.3 Å². The van der Waals surface area contributed by atoms with E-state index in [9.17, 15) is 13.2 Å². The fourth-order valence-corrected chi connectivity index (χ4v) is 1.34. The number of hydrogen-bond donors (Lipinski definition) is 2. The highest BCUT2D eigenvalue weighted by Crippen LogP contribution is 2.31. The maximum Gasteiger partial charge on any atom is 0.416 e. The molecule has 1 aromatic carbocycles. The fourth-order valence-electron chi connectivity index (χ4n) is 1.34. The summed E-state index contributed by atoms with van der Waals surface area (Å²) >= 11 is 0. The van der Waals surface area contributed by atoms with Crippen molar-refractivity contribution in [3.05, 3.63) is 35.4 Å². The average molecular weight is 284 g/mol. The van der Waals surface area contributed by atoms with E-state index in [1.165, 1.54) is 12.1 Å². The van der Waals surface area contributed by atoms with Gasteiger partial charge in [-0.15, -0.1) is 12.4 Å². The highest BCUT2D eigenvalue weighted by molar-refractivity contribution is 5.85. The van der Waals surface area contributed by atoms with Crippen molar-refractivity contribution >= 4 is 12.4 Å². The zero-order chi connectivity index (χ0) is 13.1. The molecule has 1 aromatic rings. The van der Waals surface area contributed by atoms with Crippen LogP contribution in [0.2, 0.25) is 0 Å². The molecule has 2 N–H and O–H groups in total. The first-order valence-corrected chi connectivity index (χ1v) is 5.27. The Balaban J connectivity index is 0.00000289. The third kappa shape index (κ3) is 4.84. The maximum atomic E-state index is 12.7. The van der Waals surface area contributed by atoms with Crippen LogP contribution >= 0.6 is 12.4 Å². The Labute approximate surface area is 111 Å². The van der Waals surface area contributed by atoms with Crippen LogP contribution < -0.4 is 5.32 Å². The van der Waals surface area contributed by atoms with Gasteiger partial charge in [0.2, 0.25) is 0 Å². The SMILES string of the molecule is CC(C)(CO)NCc1ccccc1C(F)(F)F.Cl. The molecule has 2 nitrogen and oxygen atoms in total. The molecule has 0 aliphatic rings. The lowest BCUT2D eigenvalue weighted by Crippen LogP contribution is -2.42. The Hall–Kier alpha value is -0.780. The van der Waals surface area contributed by atoms with E-state index >= 15 is 0 Å². The molecule has 104 valence electrons. The molecule has 0 amide bonds. The molecule has 0 bridgehead atoms. The normalized spacial score (nSPS) is 12.1. The van der Waals surface area contributed by atoms with Crippen LogP contribution in [-0.4, -0.2) is 17.3 Å². The number of alkyl halides is 3. The van der Waals surface area contributed by atoms with E-state index in [-0.39, 0.29) is 31.1 Å². The minimum absolute atomic E-state index is 0. The molecule has 1 rings (SSSR count). The Morgan fingerprint density at radius 3 is 2.22 bits per heavy atom. The van der Waals surface area contributed by atoms with Gasteiger partial charge in [-0.2, -0.15) is 13.2 Å². The molecule has 18 heavy (non-hydrogen) atoms. The van der Waals surface area contributed by atoms with Crippen LogP contribution in [0.25, 0.3) is 0 Å². The van der Waals surface area contributed by atoms with Gasteiger partial charge < -0.3 is 10.4 Å². The zero-order valence-electron chi connectivity index (χ0n) is 10.2. The number of halogens is 4. The molecular weight excluding hydrogens is 267 g/mol. The molecule has 0 fully saturated rings. The summed E-state index contributed by atoms with van der Waals surface area (Å²) in [7, 11) is 0. The van der Waals surface area contributed by atoms with E-state index in [0.29, 0.717) is 0 Å². The van der Waals surface area contributed by atoms with Crippen LogP contribution in [0.4, 0.5) is 13.2 Å². The zero-order valence-corrected chi connectivity index (χ0v) is 11.0. The summed E-state index contributed by atoms with van der Waals surface area (Å²) in [5.41, 5.74) is -1.05. The average Bonchev–Trinajstić information content (AvgIpc) is 2.26. The number of aliphatic hydroxyl groups excluding tert-OH is 1. The lowest BCUT2D eigenvalue weighted by atomic mass is 10.0. The first-order valence-electron chi connectivity index (χ1n) is 5.27. The molecule has 0 saturated carbocycles. The standard InChI is InChI=1S/C12H16F3NO.ClH/c1-11(2,8-17)16-7-9-5-3-4-6-10(9)12(13,14)15;/h3-6,16-17H,7-8H2,1-2H3;1H. The van der Waals surface area contributed by atoms with Crippen molar-refractivity contribution in [1.29, 1.82) is 0 Å². The van der Waals surface area contributed by atoms with Gasteiger partial charge in [0.05, 0.1) is 12.2 Å². The molecule has 0 heterocycles. The highest BCUT2D eigenvalue weighted by Gasteiger charge is 2.33. The van der Waals surface area contributed by atoms with Crippen LogP contribution in [0.1, 0.15) is 25.0 Å². The second-order valence-corrected chi connectivity index (χ2v) is 4.55. The number of benzene rings is 1. The fraction of sp³-hybridized carbons (Fsp3) is 0.500. The van der Waals surface area contributed by atoms with Gasteiger partial charge in [-0.25, -0.2) is 0 Å². The van der Waals surface area contributed by atoms with E-state index in [0.717, 1.165) is 6.07 Å². The summed E-state index contributed by atoms with van der Waals surface area (Å²) < 4.78 is 38.0. The number of hydrogen-bond acceptors (Lipinski definition) is 2. The predicted octanol–water partition coefficient (Wildman–Crippen LogP) is 2.99. The van der Waals surface area contributed by atoms with Crippen LogP contribution in [0.3, 0.4) is 0 Å². The van der Waals surface area contributed by atoms with Gasteiger partial charge in [0.15, 0.2) is 0 Å². The van der Waals surface area contributed by atoms with Crippen molar-refractivity contribution in [3.63, 3.8) is 0 Å². The molecular formula is C12H17ClF3NO. The maximum absolute atomic E-state index is 12.7. The third-order valence-corrected chi connectivity index (χ3v) is 2.48. The van der Waals surface area contributed by atoms with Crippen LogP contribution in [0.5, 0.6) is 0 Å². The molecule has 0 unspecified atom stereocenters. The summed E-state index contributed by atoms with van der Waals surface area (Å²) in [4.78, 5) is 0. The smallest absolute Gasteiger partial charge is 0.394 e. The second kappa shape index (κ2) is 6.41. The molecule has 0 spiro atoms. The van der Waals surface area contributed by atoms with E-state index in [2.05, 4.69) is 5.32 Å². The van der Waals surface area contributed by atoms with Crippen LogP contribution in [-0.2, 0) is 12.7 Å². The Morgan fingerprint density at radius 1 is 1.17 bits per heavy atom. The van der Waals surface area contributed by atoms with Crippen molar-refractivity contribution in [2.75, 3.05) is 6.61 Å². The van der Waals surface area contributed by atoms with Gasteiger partial charge in [-0.3, -0.25) is 0 Å². The van der Waals surface area contributed by atoms with Gasteiger partial charge in [0, 0.05) is 12.1 Å². The molecule has 6 heteroatoms. The predicted molar refractivity (Wildman–Crippen MR) is 66.7 cm³/mol. The number of aliphatic hydroxyl groups is 1. The van der Waals surface area contributed by atoms with Gasteiger partial charge >= 0.3 is 6.18 Å². The van der Waals surface area contributed by atoms with Crippen LogP contribution in [0, 0.1) is 0 Å². The lowest BCUT2D eigenvalue weighted by molar-refractivity contribution is -0.138. The molecule has 0 atom stereocenters. The summed E-state index contributed by atoms with van der Waals surface area (Å²) in [6.07, 6.45) is -4.35. The van der Waals surface area contributed by atoms with Crippen LogP contribution in [0.15, 0.2) is 24.3 Å². The first-order chi connectivity index (χ1) is 7.76. The second-order valence-electron chi connectivity index (χ2n) is 4.55. The third-order valence-electron chi connectivity index (χ3n) is 2.48. The minimum Gasteiger partial charge on any atom is -0.394 e. The minimum atomic E-state index is -4.35.